The van der Waals surface area contributed by atoms with Gasteiger partial charge in [-0.05, 0) is 27.2 Å². The molecule has 1 rings (SSSR count). The van der Waals surface area contributed by atoms with E-state index < -0.39 is 29.9 Å². The minimum atomic E-state index is -0.719. The molecule has 6 nitrogen and oxygen atoms in total. The van der Waals surface area contributed by atoms with Crippen molar-refractivity contribution < 1.29 is 19.1 Å². The first-order chi connectivity index (χ1) is 8.30. The van der Waals surface area contributed by atoms with Crippen molar-refractivity contribution in [3.63, 3.8) is 0 Å². The molecule has 0 aromatic rings. The first-order valence-electron chi connectivity index (χ1n) is 5.76. The van der Waals surface area contributed by atoms with Crippen molar-refractivity contribution in [3.8, 4) is 0 Å². The summed E-state index contributed by atoms with van der Waals surface area (Å²) in [5.74, 6) is -0.507. The van der Waals surface area contributed by atoms with E-state index in [4.69, 9.17) is 11.3 Å². The van der Waals surface area contributed by atoms with E-state index in [0.717, 1.165) is 0 Å². The van der Waals surface area contributed by atoms with Gasteiger partial charge in [-0.2, -0.15) is 0 Å². The van der Waals surface area contributed by atoms with Crippen molar-refractivity contribution in [1.82, 2.24) is 4.90 Å². The lowest BCUT2D eigenvalue weighted by Gasteiger charge is -2.27. The normalized spacial score (nSPS) is 23.4. The van der Waals surface area contributed by atoms with Crippen LogP contribution in [-0.2, 0) is 14.3 Å². The number of nitrogens with zero attached hydrogens (tertiary/aromatic N) is 2. The standard InChI is InChI=1S/C12H18N2O4/c1-12(2,3)18-11(16)14-8(10(15)17-5)6-7-9(14)13-4/h8-9H,6-7H2,1-3,5H3. The van der Waals surface area contributed by atoms with E-state index >= 15 is 0 Å². The second-order valence-corrected chi connectivity index (χ2v) is 5.11. The first-order valence-corrected chi connectivity index (χ1v) is 5.76. The Balaban J connectivity index is 2.88. The van der Waals surface area contributed by atoms with E-state index in [1.54, 1.807) is 20.8 Å². The predicted octanol–water partition coefficient (Wildman–Crippen LogP) is 1.80. The van der Waals surface area contributed by atoms with Crippen molar-refractivity contribution in [3.05, 3.63) is 11.4 Å². The minimum absolute atomic E-state index is 0.430. The van der Waals surface area contributed by atoms with E-state index in [-0.39, 0.29) is 0 Å². The van der Waals surface area contributed by atoms with Gasteiger partial charge in [-0.1, -0.05) is 0 Å². The molecule has 0 N–H and O–H groups in total. The highest BCUT2D eigenvalue weighted by Crippen LogP contribution is 2.28. The van der Waals surface area contributed by atoms with Gasteiger partial charge in [0.25, 0.3) is 0 Å². The monoisotopic (exact) mass is 254 g/mol. The van der Waals surface area contributed by atoms with E-state index in [1.807, 2.05) is 0 Å². The zero-order chi connectivity index (χ0) is 13.9. The van der Waals surface area contributed by atoms with Gasteiger partial charge in [0.05, 0.1) is 7.11 Å². The number of ether oxygens (including phenoxy) is 2. The number of carbonyl (C=O) groups is 2. The lowest BCUT2D eigenvalue weighted by molar-refractivity contribution is -0.146. The third-order valence-corrected chi connectivity index (χ3v) is 2.58. The highest BCUT2D eigenvalue weighted by atomic mass is 16.6. The molecule has 0 aromatic carbocycles. The molecule has 0 radical (unpaired) electrons. The molecule has 100 valence electrons. The zero-order valence-corrected chi connectivity index (χ0v) is 11.1. The van der Waals surface area contributed by atoms with Gasteiger partial charge in [0, 0.05) is 6.42 Å². The Bertz CT molecular complexity index is 381. The summed E-state index contributed by atoms with van der Waals surface area (Å²) >= 11 is 0. The molecule has 0 spiro atoms. The van der Waals surface area contributed by atoms with Crippen LogP contribution in [0.3, 0.4) is 0 Å². The third kappa shape index (κ3) is 3.13. The van der Waals surface area contributed by atoms with Gasteiger partial charge in [-0.25, -0.2) is 21.1 Å². The Morgan fingerprint density at radius 1 is 1.33 bits per heavy atom. The highest BCUT2D eigenvalue weighted by molar-refractivity contribution is 5.82. The SMILES string of the molecule is [C-]#[N+]C1CCC(C(=O)OC)N1C(=O)OC(C)(C)C. The van der Waals surface area contributed by atoms with Crippen molar-refractivity contribution in [2.75, 3.05) is 7.11 Å². The van der Waals surface area contributed by atoms with Gasteiger partial charge >= 0.3 is 18.2 Å². The fourth-order valence-corrected chi connectivity index (χ4v) is 1.85. The highest BCUT2D eigenvalue weighted by Gasteiger charge is 2.47. The summed E-state index contributed by atoms with van der Waals surface area (Å²) < 4.78 is 9.86. The average Bonchev–Trinajstić information content (AvgIpc) is 2.69. The second-order valence-electron chi connectivity index (χ2n) is 5.11. The number of amides is 1. The Labute approximate surface area is 107 Å². The molecular weight excluding hydrogens is 236 g/mol. The van der Waals surface area contributed by atoms with Crippen LogP contribution < -0.4 is 0 Å². The molecule has 1 saturated heterocycles. The number of esters is 1. The fraction of sp³-hybridized carbons (Fsp3) is 0.750. The Morgan fingerprint density at radius 2 is 1.94 bits per heavy atom. The molecule has 1 heterocycles. The number of rotatable bonds is 1. The molecular formula is C12H18N2O4. The van der Waals surface area contributed by atoms with Crippen LogP contribution in [0.15, 0.2) is 0 Å². The summed E-state index contributed by atoms with van der Waals surface area (Å²) in [5, 5.41) is 0. The van der Waals surface area contributed by atoms with Gasteiger partial charge in [-0.3, -0.25) is 4.85 Å². The van der Waals surface area contributed by atoms with E-state index in [0.29, 0.717) is 12.8 Å². The number of hydrogen-bond donors (Lipinski definition) is 0. The fourth-order valence-electron chi connectivity index (χ4n) is 1.85. The van der Waals surface area contributed by atoms with Crippen LogP contribution in [0.5, 0.6) is 0 Å². The van der Waals surface area contributed by atoms with Gasteiger partial charge < -0.3 is 9.47 Å². The molecule has 1 amide bonds. The molecule has 2 atom stereocenters. The minimum Gasteiger partial charge on any atom is -0.467 e. The molecule has 1 aliphatic rings. The van der Waals surface area contributed by atoms with Crippen LogP contribution in [0.1, 0.15) is 33.6 Å². The maximum Gasteiger partial charge on any atom is 0.416 e. The summed E-state index contributed by atoms with van der Waals surface area (Å²) in [6.45, 7) is 12.3. The van der Waals surface area contributed by atoms with Crippen molar-refractivity contribution in [1.29, 1.82) is 0 Å². The van der Waals surface area contributed by atoms with Gasteiger partial charge in [0.15, 0.2) is 0 Å². The smallest absolute Gasteiger partial charge is 0.416 e. The summed E-state index contributed by atoms with van der Waals surface area (Å²) in [6, 6.07) is -0.719. The topological polar surface area (TPSA) is 60.2 Å². The Kier molecular flexibility index (Phi) is 4.17. The summed E-state index contributed by atoms with van der Waals surface area (Å²) in [7, 11) is 1.26. The van der Waals surface area contributed by atoms with Gasteiger partial charge in [-0.15, -0.1) is 0 Å². The summed E-state index contributed by atoms with van der Waals surface area (Å²) in [5.41, 5.74) is -0.660. The van der Waals surface area contributed by atoms with Crippen molar-refractivity contribution >= 4 is 12.1 Å². The number of likely N-dealkylation sites (tertiary alicyclic amines) is 1. The lowest BCUT2D eigenvalue weighted by Crippen LogP contribution is -2.46. The maximum absolute atomic E-state index is 12.0. The molecule has 0 bridgehead atoms. The maximum atomic E-state index is 12.0. The van der Waals surface area contributed by atoms with E-state index in [9.17, 15) is 9.59 Å². The van der Waals surface area contributed by atoms with Gasteiger partial charge in [0.1, 0.15) is 11.6 Å². The quantitative estimate of drug-likeness (QED) is 0.529. The average molecular weight is 254 g/mol. The number of methoxy groups -OCH3 is 1. The van der Waals surface area contributed by atoms with Gasteiger partial charge in [0.2, 0.25) is 0 Å². The second kappa shape index (κ2) is 5.25. The van der Waals surface area contributed by atoms with Crippen LogP contribution in [0.4, 0.5) is 4.79 Å². The molecule has 1 fully saturated rings. The predicted molar refractivity (Wildman–Crippen MR) is 63.5 cm³/mol. The van der Waals surface area contributed by atoms with E-state index in [2.05, 4.69) is 9.58 Å². The zero-order valence-electron chi connectivity index (χ0n) is 11.1. The van der Waals surface area contributed by atoms with Crippen LogP contribution in [0.25, 0.3) is 4.85 Å². The lowest BCUT2D eigenvalue weighted by atomic mass is 10.2. The number of carbonyl (C=O) groups excluding carboxylic acids is 2. The van der Waals surface area contributed by atoms with Crippen LogP contribution in [-0.4, -0.2) is 41.9 Å². The largest absolute Gasteiger partial charge is 0.467 e. The van der Waals surface area contributed by atoms with E-state index in [1.165, 1.54) is 12.0 Å². The number of hydrogen-bond acceptors (Lipinski definition) is 4. The van der Waals surface area contributed by atoms with Crippen molar-refractivity contribution in [2.45, 2.75) is 51.4 Å². The van der Waals surface area contributed by atoms with Crippen LogP contribution in [0, 0.1) is 6.57 Å². The third-order valence-electron chi connectivity index (χ3n) is 2.58. The molecule has 0 aliphatic carbocycles. The Hall–Kier alpha value is -1.77. The molecule has 0 saturated carbocycles. The summed E-state index contributed by atoms with van der Waals surface area (Å²) in [4.78, 5) is 28.1. The Morgan fingerprint density at radius 3 is 2.39 bits per heavy atom. The molecule has 0 aromatic heterocycles. The molecule has 2 unspecified atom stereocenters. The molecule has 6 heteroatoms. The van der Waals surface area contributed by atoms with Crippen molar-refractivity contribution in [2.24, 2.45) is 0 Å². The van der Waals surface area contributed by atoms with Crippen LogP contribution >= 0.6 is 0 Å². The van der Waals surface area contributed by atoms with Crippen LogP contribution in [0.2, 0.25) is 0 Å². The molecule has 1 aliphatic heterocycles. The first kappa shape index (κ1) is 14.3. The summed E-state index contributed by atoms with van der Waals surface area (Å²) in [6.07, 6.45) is -0.401. The molecule has 18 heavy (non-hydrogen) atoms.